The standard InChI is InChI=1S/C17H15BN6O/c1-18(25)11-3-5-12(17-20-9-22-24-17)14(7-11)10-2-4-13-15(19)8-21-23-16(13)6-10/h2-9,25H,1H3,(H2,19,23)(H,20,22,24). The first kappa shape index (κ1) is 15.3. The molecule has 4 rings (SSSR count). The molecule has 0 fully saturated rings. The largest absolute Gasteiger partial charge is 0.447 e. The van der Waals surface area contributed by atoms with Crippen LogP contribution in [0.15, 0.2) is 48.9 Å². The summed E-state index contributed by atoms with van der Waals surface area (Å²) >= 11 is 0. The van der Waals surface area contributed by atoms with Crippen LogP contribution in [0.1, 0.15) is 0 Å². The number of nitrogens with two attached hydrogens (primary N) is 1. The molecular formula is C17H15BN6O. The highest BCUT2D eigenvalue weighted by Crippen LogP contribution is 2.31. The van der Waals surface area contributed by atoms with Crippen molar-refractivity contribution < 1.29 is 5.02 Å². The van der Waals surface area contributed by atoms with E-state index in [0.29, 0.717) is 17.0 Å². The van der Waals surface area contributed by atoms with Crippen molar-refractivity contribution in [3.8, 4) is 22.5 Å². The van der Waals surface area contributed by atoms with E-state index in [9.17, 15) is 5.02 Å². The van der Waals surface area contributed by atoms with Gasteiger partial charge in [0.1, 0.15) is 6.33 Å². The fourth-order valence-corrected chi connectivity index (χ4v) is 2.85. The monoisotopic (exact) mass is 330 g/mol. The number of H-pyrrole nitrogens is 1. The van der Waals surface area contributed by atoms with Gasteiger partial charge in [-0.1, -0.05) is 31.1 Å². The van der Waals surface area contributed by atoms with E-state index in [1.807, 2.05) is 36.4 Å². The predicted octanol–water partition coefficient (Wildman–Crippen LogP) is 1.48. The molecule has 2 heterocycles. The van der Waals surface area contributed by atoms with Crippen molar-refractivity contribution in [3.63, 3.8) is 0 Å². The number of rotatable bonds is 3. The Bertz CT molecular complexity index is 1050. The smallest absolute Gasteiger partial charge is 0.320 e. The summed E-state index contributed by atoms with van der Waals surface area (Å²) in [5, 5.41) is 25.7. The molecule has 0 amide bonds. The molecule has 0 atom stereocenters. The van der Waals surface area contributed by atoms with Crippen molar-refractivity contribution in [2.45, 2.75) is 6.82 Å². The summed E-state index contributed by atoms with van der Waals surface area (Å²) in [6, 6.07) is 11.6. The molecular weight excluding hydrogens is 315 g/mol. The molecule has 0 spiro atoms. The van der Waals surface area contributed by atoms with Gasteiger partial charge in [-0.15, -0.1) is 0 Å². The SMILES string of the molecule is CB(O)c1ccc(-c2ncn[nH]2)c(-c2ccc3c(N)cnnc3c2)c1. The molecule has 0 saturated heterocycles. The first-order chi connectivity index (χ1) is 12.1. The third-order valence-electron chi connectivity index (χ3n) is 4.18. The van der Waals surface area contributed by atoms with E-state index in [1.165, 1.54) is 12.5 Å². The second kappa shape index (κ2) is 5.99. The van der Waals surface area contributed by atoms with E-state index in [2.05, 4.69) is 25.4 Å². The second-order valence-corrected chi connectivity index (χ2v) is 5.85. The van der Waals surface area contributed by atoms with Crippen LogP contribution in [0.25, 0.3) is 33.4 Å². The number of benzene rings is 2. The Labute approximate surface area is 144 Å². The average Bonchev–Trinajstić information content (AvgIpc) is 3.15. The van der Waals surface area contributed by atoms with Gasteiger partial charge in [-0.2, -0.15) is 15.3 Å². The minimum atomic E-state index is -0.571. The second-order valence-electron chi connectivity index (χ2n) is 5.85. The number of anilines is 1. The van der Waals surface area contributed by atoms with Crippen LogP contribution in [0.5, 0.6) is 0 Å². The zero-order valence-electron chi connectivity index (χ0n) is 13.5. The highest BCUT2D eigenvalue weighted by Gasteiger charge is 2.15. The van der Waals surface area contributed by atoms with Crippen LogP contribution in [0.2, 0.25) is 6.82 Å². The van der Waals surface area contributed by atoms with Gasteiger partial charge in [0.25, 0.3) is 0 Å². The van der Waals surface area contributed by atoms with E-state index < -0.39 is 6.92 Å². The number of nitrogen functional groups attached to an aromatic ring is 1. The molecule has 2 aromatic carbocycles. The summed E-state index contributed by atoms with van der Waals surface area (Å²) in [4.78, 5) is 4.25. The molecule has 0 aliphatic heterocycles. The van der Waals surface area contributed by atoms with Crippen LogP contribution in [0.3, 0.4) is 0 Å². The van der Waals surface area contributed by atoms with Crippen LogP contribution >= 0.6 is 0 Å². The maximum absolute atomic E-state index is 9.95. The first-order valence-corrected chi connectivity index (χ1v) is 7.82. The van der Waals surface area contributed by atoms with Crippen molar-refractivity contribution in [3.05, 3.63) is 48.9 Å². The normalized spacial score (nSPS) is 11.0. The van der Waals surface area contributed by atoms with Gasteiger partial charge in [0.2, 0.25) is 0 Å². The summed E-state index contributed by atoms with van der Waals surface area (Å²) in [7, 11) is 0. The number of aromatic amines is 1. The summed E-state index contributed by atoms with van der Waals surface area (Å²) < 4.78 is 0. The Hall–Kier alpha value is -3.26. The lowest BCUT2D eigenvalue weighted by Crippen LogP contribution is -2.26. The molecule has 0 saturated carbocycles. The average molecular weight is 330 g/mol. The molecule has 122 valence electrons. The third kappa shape index (κ3) is 2.72. The Morgan fingerprint density at radius 1 is 1.12 bits per heavy atom. The minimum absolute atomic E-state index is 0.571. The Balaban J connectivity index is 1.95. The minimum Gasteiger partial charge on any atom is -0.447 e. The van der Waals surface area contributed by atoms with Gasteiger partial charge in [-0.3, -0.25) is 5.10 Å². The zero-order chi connectivity index (χ0) is 17.4. The maximum Gasteiger partial charge on any atom is 0.320 e. The molecule has 25 heavy (non-hydrogen) atoms. The van der Waals surface area contributed by atoms with Crippen molar-refractivity contribution >= 4 is 29.0 Å². The molecule has 4 N–H and O–H groups in total. The Kier molecular flexibility index (Phi) is 3.66. The summed E-state index contributed by atoms with van der Waals surface area (Å²) in [6.45, 7) is 1.17. The number of nitrogens with zero attached hydrogens (tertiary/aromatic N) is 4. The fraction of sp³-hybridized carbons (Fsp3) is 0.0588. The lowest BCUT2D eigenvalue weighted by Gasteiger charge is -2.12. The summed E-state index contributed by atoms with van der Waals surface area (Å²) in [6.07, 6.45) is 3.00. The van der Waals surface area contributed by atoms with E-state index in [0.717, 1.165) is 27.5 Å². The topological polar surface area (TPSA) is 114 Å². The Morgan fingerprint density at radius 3 is 2.76 bits per heavy atom. The van der Waals surface area contributed by atoms with Crippen molar-refractivity contribution in [2.24, 2.45) is 0 Å². The lowest BCUT2D eigenvalue weighted by atomic mass is 9.63. The predicted molar refractivity (Wildman–Crippen MR) is 98.2 cm³/mol. The van der Waals surface area contributed by atoms with Gasteiger partial charge in [0.15, 0.2) is 5.82 Å². The first-order valence-electron chi connectivity index (χ1n) is 7.82. The highest BCUT2D eigenvalue weighted by molar-refractivity contribution is 6.64. The molecule has 0 unspecified atom stereocenters. The van der Waals surface area contributed by atoms with E-state index >= 15 is 0 Å². The molecule has 8 heteroatoms. The molecule has 4 aromatic rings. The molecule has 0 bridgehead atoms. The van der Waals surface area contributed by atoms with Crippen molar-refractivity contribution in [2.75, 3.05) is 5.73 Å². The van der Waals surface area contributed by atoms with Crippen molar-refractivity contribution in [1.82, 2.24) is 25.4 Å². The van der Waals surface area contributed by atoms with Crippen LogP contribution in [0, 0.1) is 0 Å². The molecule has 2 aromatic heterocycles. The van der Waals surface area contributed by atoms with Gasteiger partial charge in [-0.05, 0) is 28.7 Å². The molecule has 0 radical (unpaired) electrons. The van der Waals surface area contributed by atoms with E-state index in [4.69, 9.17) is 5.73 Å². The van der Waals surface area contributed by atoms with Gasteiger partial charge in [-0.25, -0.2) is 4.98 Å². The zero-order valence-corrected chi connectivity index (χ0v) is 13.5. The van der Waals surface area contributed by atoms with Crippen LogP contribution in [0.4, 0.5) is 5.69 Å². The highest BCUT2D eigenvalue weighted by atomic mass is 16.2. The number of nitrogens with one attached hydrogen (secondary N) is 1. The van der Waals surface area contributed by atoms with Crippen LogP contribution < -0.4 is 11.2 Å². The van der Waals surface area contributed by atoms with Gasteiger partial charge >= 0.3 is 6.92 Å². The van der Waals surface area contributed by atoms with Crippen LogP contribution in [-0.4, -0.2) is 37.3 Å². The molecule has 7 nitrogen and oxygen atoms in total. The van der Waals surface area contributed by atoms with Crippen molar-refractivity contribution in [1.29, 1.82) is 0 Å². The van der Waals surface area contributed by atoms with Gasteiger partial charge < -0.3 is 10.8 Å². The third-order valence-corrected chi connectivity index (χ3v) is 4.18. The number of hydrogen-bond donors (Lipinski definition) is 3. The molecule has 0 aliphatic carbocycles. The summed E-state index contributed by atoms with van der Waals surface area (Å²) in [5.41, 5.74) is 10.8. The lowest BCUT2D eigenvalue weighted by molar-refractivity contribution is 0.594. The molecule has 0 aliphatic rings. The maximum atomic E-state index is 9.95. The number of fused-ring (bicyclic) bond motifs is 1. The quantitative estimate of drug-likeness (QED) is 0.490. The Morgan fingerprint density at radius 2 is 2.00 bits per heavy atom. The van der Waals surface area contributed by atoms with E-state index in [1.54, 1.807) is 6.82 Å². The van der Waals surface area contributed by atoms with Crippen LogP contribution in [-0.2, 0) is 0 Å². The summed E-state index contributed by atoms with van der Waals surface area (Å²) in [5.74, 6) is 0.658. The number of hydrogen-bond acceptors (Lipinski definition) is 6. The fourth-order valence-electron chi connectivity index (χ4n) is 2.85. The van der Waals surface area contributed by atoms with E-state index in [-0.39, 0.29) is 0 Å². The van der Waals surface area contributed by atoms with Gasteiger partial charge in [0.05, 0.1) is 17.4 Å². The van der Waals surface area contributed by atoms with Gasteiger partial charge in [0, 0.05) is 10.9 Å². The number of aromatic nitrogens is 5.